The molecule has 0 radical (unpaired) electrons. The highest BCUT2D eigenvalue weighted by Crippen LogP contribution is 2.42. The molecule has 1 aromatic rings. The van der Waals surface area contributed by atoms with E-state index in [1.807, 2.05) is 0 Å². The van der Waals surface area contributed by atoms with Crippen LogP contribution in [-0.4, -0.2) is 25.2 Å². The highest BCUT2D eigenvalue weighted by molar-refractivity contribution is 6.29. The fourth-order valence-electron chi connectivity index (χ4n) is 2.20. The van der Waals surface area contributed by atoms with Gasteiger partial charge in [-0.15, -0.1) is 0 Å². The van der Waals surface area contributed by atoms with Crippen LogP contribution in [0.1, 0.15) is 30.8 Å². The van der Waals surface area contributed by atoms with E-state index >= 15 is 0 Å². The number of carbonyl (C=O) groups excluding carboxylic acids is 1. The molecule has 0 bridgehead atoms. The van der Waals surface area contributed by atoms with Crippen LogP contribution in [0.5, 0.6) is 0 Å². The predicted molar refractivity (Wildman–Crippen MR) is 64.2 cm³/mol. The lowest BCUT2D eigenvalue weighted by molar-refractivity contribution is -0.0943. The van der Waals surface area contributed by atoms with Crippen LogP contribution in [0.3, 0.4) is 0 Å². The zero-order chi connectivity index (χ0) is 12.6. The van der Waals surface area contributed by atoms with Crippen LogP contribution in [0.2, 0.25) is 5.22 Å². The lowest BCUT2D eigenvalue weighted by atomic mass is 9.64. The van der Waals surface area contributed by atoms with Crippen molar-refractivity contribution in [2.24, 2.45) is 5.41 Å². The minimum Gasteiger partial charge on any atom is -0.440 e. The van der Waals surface area contributed by atoms with Crippen molar-refractivity contribution in [1.82, 2.24) is 5.32 Å². The molecule has 2 rings (SSSR count). The minimum absolute atomic E-state index is 0.0548. The molecule has 1 heterocycles. The van der Waals surface area contributed by atoms with Gasteiger partial charge < -0.3 is 14.5 Å². The van der Waals surface area contributed by atoms with Gasteiger partial charge in [0.15, 0.2) is 11.0 Å². The largest absolute Gasteiger partial charge is 0.440 e. The SMILES string of the molecule is COC1CC(NC(=O)c2ccc(Cl)o2)C1(C)C. The van der Waals surface area contributed by atoms with Crippen molar-refractivity contribution in [3.8, 4) is 0 Å². The van der Waals surface area contributed by atoms with Crippen molar-refractivity contribution >= 4 is 17.5 Å². The molecule has 1 aliphatic rings. The van der Waals surface area contributed by atoms with Gasteiger partial charge in [0.25, 0.3) is 5.91 Å². The first kappa shape index (κ1) is 12.5. The van der Waals surface area contributed by atoms with Crippen molar-refractivity contribution in [3.63, 3.8) is 0 Å². The predicted octanol–water partition coefficient (Wildman–Crippen LogP) is 2.48. The summed E-state index contributed by atoms with van der Waals surface area (Å²) in [5, 5.41) is 3.15. The highest BCUT2D eigenvalue weighted by atomic mass is 35.5. The number of ether oxygens (including phenoxy) is 1. The molecule has 4 nitrogen and oxygen atoms in total. The summed E-state index contributed by atoms with van der Waals surface area (Å²) in [6.07, 6.45) is 1.01. The third kappa shape index (κ3) is 2.19. The standard InChI is InChI=1S/C12H16ClNO3/c1-12(2)8(6-9(12)16-3)14-11(15)7-4-5-10(13)17-7/h4-5,8-9H,6H2,1-3H3,(H,14,15). The van der Waals surface area contributed by atoms with Crippen LogP contribution in [-0.2, 0) is 4.74 Å². The van der Waals surface area contributed by atoms with Gasteiger partial charge in [-0.2, -0.15) is 0 Å². The van der Waals surface area contributed by atoms with E-state index in [1.54, 1.807) is 19.2 Å². The number of nitrogens with one attached hydrogen (secondary N) is 1. The summed E-state index contributed by atoms with van der Waals surface area (Å²) < 4.78 is 10.4. The van der Waals surface area contributed by atoms with E-state index < -0.39 is 0 Å². The second-order valence-corrected chi connectivity index (χ2v) is 5.28. The van der Waals surface area contributed by atoms with Gasteiger partial charge in [-0.1, -0.05) is 13.8 Å². The second kappa shape index (κ2) is 4.35. The van der Waals surface area contributed by atoms with E-state index in [1.165, 1.54) is 0 Å². The fourth-order valence-corrected chi connectivity index (χ4v) is 2.34. The van der Waals surface area contributed by atoms with Crippen LogP contribution < -0.4 is 5.32 Å². The molecule has 2 unspecified atom stereocenters. The van der Waals surface area contributed by atoms with Gasteiger partial charge in [0.1, 0.15) is 0 Å². The number of hydrogen-bond acceptors (Lipinski definition) is 3. The summed E-state index contributed by atoms with van der Waals surface area (Å²) in [6.45, 7) is 4.15. The summed E-state index contributed by atoms with van der Waals surface area (Å²) in [7, 11) is 1.69. The zero-order valence-corrected chi connectivity index (χ0v) is 10.9. The van der Waals surface area contributed by atoms with Crippen molar-refractivity contribution < 1.29 is 13.9 Å². The molecule has 94 valence electrons. The number of carbonyl (C=O) groups is 1. The Morgan fingerprint density at radius 2 is 2.29 bits per heavy atom. The quantitative estimate of drug-likeness (QED) is 0.905. The van der Waals surface area contributed by atoms with E-state index in [0.717, 1.165) is 6.42 Å². The van der Waals surface area contributed by atoms with Gasteiger partial charge in [0, 0.05) is 18.6 Å². The topological polar surface area (TPSA) is 51.5 Å². The molecule has 1 amide bonds. The maximum Gasteiger partial charge on any atom is 0.287 e. The first-order chi connectivity index (χ1) is 7.95. The van der Waals surface area contributed by atoms with E-state index in [4.69, 9.17) is 20.8 Å². The maximum atomic E-state index is 11.8. The molecule has 1 saturated carbocycles. The van der Waals surface area contributed by atoms with Crippen molar-refractivity contribution in [2.75, 3.05) is 7.11 Å². The lowest BCUT2D eigenvalue weighted by Gasteiger charge is -2.51. The van der Waals surface area contributed by atoms with Crippen molar-refractivity contribution in [3.05, 3.63) is 23.1 Å². The molecule has 2 atom stereocenters. The first-order valence-corrected chi connectivity index (χ1v) is 5.92. The van der Waals surface area contributed by atoms with Gasteiger partial charge in [0.05, 0.1) is 6.10 Å². The van der Waals surface area contributed by atoms with Crippen LogP contribution in [0.15, 0.2) is 16.5 Å². The smallest absolute Gasteiger partial charge is 0.287 e. The lowest BCUT2D eigenvalue weighted by Crippen LogP contribution is -2.61. The Morgan fingerprint density at radius 1 is 1.59 bits per heavy atom. The Labute approximate surface area is 105 Å². The summed E-state index contributed by atoms with van der Waals surface area (Å²) in [5.74, 6) is 0.0104. The molecule has 0 aromatic carbocycles. The molecular weight excluding hydrogens is 242 g/mol. The van der Waals surface area contributed by atoms with E-state index in [2.05, 4.69) is 19.2 Å². The van der Waals surface area contributed by atoms with Crippen LogP contribution in [0.25, 0.3) is 0 Å². The van der Waals surface area contributed by atoms with Gasteiger partial charge in [-0.05, 0) is 30.2 Å². The monoisotopic (exact) mass is 257 g/mol. The van der Waals surface area contributed by atoms with Crippen LogP contribution in [0, 0.1) is 5.41 Å². The molecule has 5 heteroatoms. The Morgan fingerprint density at radius 3 is 2.76 bits per heavy atom. The normalized spacial score (nSPS) is 26.4. The molecular formula is C12H16ClNO3. The van der Waals surface area contributed by atoms with Crippen molar-refractivity contribution in [1.29, 1.82) is 0 Å². The first-order valence-electron chi connectivity index (χ1n) is 5.54. The number of furan rings is 1. The summed E-state index contributed by atoms with van der Waals surface area (Å²) in [4.78, 5) is 11.8. The molecule has 1 fully saturated rings. The Kier molecular flexibility index (Phi) is 3.19. The zero-order valence-electron chi connectivity index (χ0n) is 10.1. The average Bonchev–Trinajstić information content (AvgIpc) is 2.70. The second-order valence-electron chi connectivity index (χ2n) is 4.91. The third-order valence-electron chi connectivity index (χ3n) is 3.56. The summed E-state index contributed by atoms with van der Waals surface area (Å²) >= 11 is 5.62. The summed E-state index contributed by atoms with van der Waals surface area (Å²) in [6, 6.07) is 3.22. The van der Waals surface area contributed by atoms with Crippen LogP contribution in [0.4, 0.5) is 0 Å². The molecule has 1 aromatic heterocycles. The Bertz CT molecular complexity index is 427. The summed E-state index contributed by atoms with van der Waals surface area (Å²) in [5.41, 5.74) is -0.0548. The average molecular weight is 258 g/mol. The molecule has 1 N–H and O–H groups in total. The number of methoxy groups -OCH3 is 1. The Balaban J connectivity index is 1.97. The van der Waals surface area contributed by atoms with Crippen LogP contribution >= 0.6 is 11.6 Å². The molecule has 1 aliphatic carbocycles. The fraction of sp³-hybridized carbons (Fsp3) is 0.583. The van der Waals surface area contributed by atoms with E-state index in [0.29, 0.717) is 0 Å². The van der Waals surface area contributed by atoms with Gasteiger partial charge in [0.2, 0.25) is 0 Å². The number of hydrogen-bond donors (Lipinski definition) is 1. The number of amides is 1. The minimum atomic E-state index is -0.232. The van der Waals surface area contributed by atoms with E-state index in [-0.39, 0.29) is 34.4 Å². The van der Waals surface area contributed by atoms with Gasteiger partial charge in [-0.25, -0.2) is 0 Å². The Hall–Kier alpha value is -1.00. The van der Waals surface area contributed by atoms with Crippen molar-refractivity contribution in [2.45, 2.75) is 32.4 Å². The molecule has 0 saturated heterocycles. The maximum absolute atomic E-state index is 11.8. The van der Waals surface area contributed by atoms with Gasteiger partial charge in [-0.3, -0.25) is 4.79 Å². The number of halogens is 1. The molecule has 0 spiro atoms. The number of rotatable bonds is 3. The molecule has 0 aliphatic heterocycles. The third-order valence-corrected chi connectivity index (χ3v) is 3.77. The van der Waals surface area contributed by atoms with Gasteiger partial charge >= 0.3 is 0 Å². The molecule has 17 heavy (non-hydrogen) atoms. The van der Waals surface area contributed by atoms with E-state index in [9.17, 15) is 4.79 Å². The highest BCUT2D eigenvalue weighted by Gasteiger charge is 2.49.